The van der Waals surface area contributed by atoms with Gasteiger partial charge >= 0.3 is 0 Å². The minimum Gasteiger partial charge on any atom is -0.314 e. The Labute approximate surface area is 46.1 Å². The van der Waals surface area contributed by atoms with Crippen LogP contribution in [0.1, 0.15) is 27.2 Å². The van der Waals surface area contributed by atoms with Gasteiger partial charge in [0.05, 0.1) is 0 Å². The first-order valence-electron chi connectivity index (χ1n) is 2.63. The molecule has 1 aliphatic heterocycles. The Balaban J connectivity index is 0.000000360. The van der Waals surface area contributed by atoms with Crippen LogP contribution in [0.15, 0.2) is 0 Å². The minimum atomic E-state index is 0. The predicted molar refractivity (Wildman–Crippen MR) is 33.4 cm³/mol. The van der Waals surface area contributed by atoms with Gasteiger partial charge in [0.15, 0.2) is 0 Å². The summed E-state index contributed by atoms with van der Waals surface area (Å²) in [5.41, 5.74) is 0. The van der Waals surface area contributed by atoms with Gasteiger partial charge in [-0.25, -0.2) is 0 Å². The highest BCUT2D eigenvalue weighted by Gasteiger charge is 2.05. The molecule has 1 saturated heterocycles. The maximum atomic E-state index is 3.32. The average Bonchev–Trinajstić information content (AvgIpc) is 1.86. The van der Waals surface area contributed by atoms with E-state index in [-0.39, 0.29) is 7.43 Å². The lowest BCUT2D eigenvalue weighted by atomic mass is 10.3. The normalized spacial score (nSPS) is 29.6. The Kier molecular flexibility index (Phi) is 3.01. The van der Waals surface area contributed by atoms with Crippen molar-refractivity contribution in [3.63, 3.8) is 0 Å². The molecule has 0 aromatic heterocycles. The molecule has 7 heavy (non-hydrogen) atoms. The Bertz CT molecular complexity index is 37.4. The van der Waals surface area contributed by atoms with E-state index in [1.165, 1.54) is 19.4 Å². The lowest BCUT2D eigenvalue weighted by Crippen LogP contribution is -2.16. The molecule has 1 nitrogen and oxygen atoms in total. The Hall–Kier alpha value is -0.0400. The van der Waals surface area contributed by atoms with E-state index in [0.29, 0.717) is 0 Å². The van der Waals surface area contributed by atoms with E-state index in [0.717, 1.165) is 6.04 Å². The van der Waals surface area contributed by atoms with Gasteiger partial charge in [0.25, 0.3) is 0 Å². The van der Waals surface area contributed by atoms with E-state index < -0.39 is 0 Å². The van der Waals surface area contributed by atoms with Crippen molar-refractivity contribution in [2.24, 2.45) is 0 Å². The Morgan fingerprint density at radius 2 is 2.29 bits per heavy atom. The third-order valence-corrected chi connectivity index (χ3v) is 1.31. The summed E-state index contributed by atoms with van der Waals surface area (Å²) in [4.78, 5) is 0. The van der Waals surface area contributed by atoms with Gasteiger partial charge in [-0.2, -0.15) is 0 Å². The van der Waals surface area contributed by atoms with Gasteiger partial charge < -0.3 is 5.32 Å². The molecule has 1 fully saturated rings. The summed E-state index contributed by atoms with van der Waals surface area (Å²) in [7, 11) is 0. The van der Waals surface area contributed by atoms with E-state index in [9.17, 15) is 0 Å². The van der Waals surface area contributed by atoms with E-state index in [4.69, 9.17) is 0 Å². The zero-order valence-corrected chi connectivity index (χ0v) is 4.20. The fourth-order valence-corrected chi connectivity index (χ4v) is 0.859. The smallest absolute Gasteiger partial charge is 0.00391 e. The summed E-state index contributed by atoms with van der Waals surface area (Å²) < 4.78 is 0. The van der Waals surface area contributed by atoms with Crippen molar-refractivity contribution < 1.29 is 0 Å². The topological polar surface area (TPSA) is 12.0 Å². The molecule has 1 rings (SSSR count). The molecule has 0 saturated carbocycles. The second-order valence-corrected chi connectivity index (χ2v) is 2.00. The fourth-order valence-electron chi connectivity index (χ4n) is 0.859. The van der Waals surface area contributed by atoms with Crippen LogP contribution in [0.5, 0.6) is 0 Å². The highest BCUT2D eigenvalue weighted by Crippen LogP contribution is 2.01. The van der Waals surface area contributed by atoms with Gasteiger partial charge in [0.1, 0.15) is 0 Å². The number of hydrogen-bond donors (Lipinski definition) is 1. The molecule has 0 amide bonds. The van der Waals surface area contributed by atoms with Gasteiger partial charge in [-0.15, -0.1) is 0 Å². The summed E-state index contributed by atoms with van der Waals surface area (Å²) in [6.07, 6.45) is 2.75. The number of rotatable bonds is 0. The summed E-state index contributed by atoms with van der Waals surface area (Å²) >= 11 is 0. The molecule has 1 aliphatic rings. The lowest BCUT2D eigenvalue weighted by molar-refractivity contribution is 0.664. The molecule has 0 aromatic carbocycles. The van der Waals surface area contributed by atoms with Crippen molar-refractivity contribution in [3.8, 4) is 0 Å². The quantitative estimate of drug-likeness (QED) is 0.486. The predicted octanol–water partition coefficient (Wildman–Crippen LogP) is 1.39. The van der Waals surface area contributed by atoms with Crippen molar-refractivity contribution >= 4 is 0 Å². The highest BCUT2D eigenvalue weighted by atomic mass is 14.9. The van der Waals surface area contributed by atoms with Gasteiger partial charge in [-0.3, -0.25) is 0 Å². The third kappa shape index (κ3) is 1.93. The largest absolute Gasteiger partial charge is 0.314 e. The molecule has 1 heteroatoms. The summed E-state index contributed by atoms with van der Waals surface area (Å²) in [5.74, 6) is 0. The van der Waals surface area contributed by atoms with Gasteiger partial charge in [0, 0.05) is 6.04 Å². The van der Waals surface area contributed by atoms with Crippen LogP contribution < -0.4 is 5.32 Å². The minimum absolute atomic E-state index is 0. The maximum Gasteiger partial charge on any atom is 0.00391 e. The van der Waals surface area contributed by atoms with Crippen molar-refractivity contribution in [2.45, 2.75) is 33.2 Å². The molecule has 0 bridgehead atoms. The van der Waals surface area contributed by atoms with Crippen LogP contribution in [0.4, 0.5) is 0 Å². The van der Waals surface area contributed by atoms with Crippen molar-refractivity contribution in [3.05, 3.63) is 0 Å². The van der Waals surface area contributed by atoms with Crippen LogP contribution in [0.3, 0.4) is 0 Å². The first kappa shape index (κ1) is 6.96. The van der Waals surface area contributed by atoms with Gasteiger partial charge in [-0.05, 0) is 26.3 Å². The second kappa shape index (κ2) is 3.03. The lowest BCUT2D eigenvalue weighted by Gasteiger charge is -1.95. The summed E-state index contributed by atoms with van der Waals surface area (Å²) in [6.45, 7) is 3.47. The molecule has 0 radical (unpaired) electrons. The van der Waals surface area contributed by atoms with Crippen LogP contribution in [0, 0.1) is 0 Å². The molecule has 0 spiro atoms. The van der Waals surface area contributed by atoms with Crippen LogP contribution in [0.2, 0.25) is 0 Å². The van der Waals surface area contributed by atoms with E-state index in [1.54, 1.807) is 0 Å². The zero-order valence-electron chi connectivity index (χ0n) is 4.20. The van der Waals surface area contributed by atoms with Crippen LogP contribution >= 0.6 is 0 Å². The Morgan fingerprint density at radius 1 is 1.57 bits per heavy atom. The molecule has 44 valence electrons. The van der Waals surface area contributed by atoms with Crippen molar-refractivity contribution in [1.82, 2.24) is 5.32 Å². The van der Waals surface area contributed by atoms with Crippen molar-refractivity contribution in [2.75, 3.05) is 6.54 Å². The van der Waals surface area contributed by atoms with Crippen LogP contribution in [0.25, 0.3) is 0 Å². The number of hydrogen-bond acceptors (Lipinski definition) is 1. The molecular weight excluding hydrogens is 86.1 g/mol. The monoisotopic (exact) mass is 101 g/mol. The standard InChI is InChI=1S/C5H11N.CH4/c1-5-3-2-4-6-5;/h5-6H,2-4H2,1H3;1H4/t5-;/m1./s1. The Morgan fingerprint density at radius 3 is 2.43 bits per heavy atom. The van der Waals surface area contributed by atoms with E-state index >= 15 is 0 Å². The van der Waals surface area contributed by atoms with Crippen LogP contribution in [-0.2, 0) is 0 Å². The SMILES string of the molecule is C.C[C@@H]1CCCN1. The first-order valence-corrected chi connectivity index (χ1v) is 2.63. The first-order chi connectivity index (χ1) is 2.89. The van der Waals surface area contributed by atoms with Gasteiger partial charge in [0.2, 0.25) is 0 Å². The average molecular weight is 101 g/mol. The number of nitrogens with one attached hydrogen (secondary N) is 1. The maximum absolute atomic E-state index is 3.32. The second-order valence-electron chi connectivity index (χ2n) is 2.00. The zero-order chi connectivity index (χ0) is 4.41. The fraction of sp³-hybridized carbons (Fsp3) is 1.00. The molecule has 0 aliphatic carbocycles. The molecule has 1 N–H and O–H groups in total. The molecule has 1 heterocycles. The summed E-state index contributed by atoms with van der Waals surface area (Å²) in [6, 6.07) is 0.796. The van der Waals surface area contributed by atoms with Crippen LogP contribution in [-0.4, -0.2) is 12.6 Å². The third-order valence-electron chi connectivity index (χ3n) is 1.31. The molecular formula is C6H15N. The summed E-state index contributed by atoms with van der Waals surface area (Å²) in [5, 5.41) is 3.32. The molecule has 0 aromatic rings. The van der Waals surface area contributed by atoms with Gasteiger partial charge in [-0.1, -0.05) is 7.43 Å². The highest BCUT2D eigenvalue weighted by molar-refractivity contribution is 4.67. The van der Waals surface area contributed by atoms with Crippen molar-refractivity contribution in [1.29, 1.82) is 0 Å². The molecule has 0 unspecified atom stereocenters. The van der Waals surface area contributed by atoms with E-state index in [2.05, 4.69) is 12.2 Å². The van der Waals surface area contributed by atoms with E-state index in [1.807, 2.05) is 0 Å². The molecule has 1 atom stereocenters.